The van der Waals surface area contributed by atoms with Crippen molar-refractivity contribution in [1.29, 1.82) is 0 Å². The summed E-state index contributed by atoms with van der Waals surface area (Å²) in [6, 6.07) is 0. The summed E-state index contributed by atoms with van der Waals surface area (Å²) in [4.78, 5) is 0. The Bertz CT molecular complexity index is 509. The van der Waals surface area contributed by atoms with Crippen molar-refractivity contribution in [2.75, 3.05) is 26.4 Å². The molecule has 0 aromatic heterocycles. The van der Waals surface area contributed by atoms with Gasteiger partial charge in [0, 0.05) is 13.0 Å². The molecule has 0 aliphatic heterocycles. The summed E-state index contributed by atoms with van der Waals surface area (Å²) in [5.74, 6) is 2.81. The van der Waals surface area contributed by atoms with E-state index in [-0.39, 0.29) is 13.2 Å². The lowest BCUT2D eigenvalue weighted by Gasteiger charge is -2.12. The highest BCUT2D eigenvalue weighted by atomic mass is 32.2. The van der Waals surface area contributed by atoms with Gasteiger partial charge in [0.1, 0.15) is 12.7 Å². The van der Waals surface area contributed by atoms with Crippen LogP contribution in [0.25, 0.3) is 0 Å². The van der Waals surface area contributed by atoms with Crippen molar-refractivity contribution in [1.82, 2.24) is 0 Å². The number of rotatable bonds is 20. The van der Waals surface area contributed by atoms with Crippen molar-refractivity contribution in [3.05, 3.63) is 0 Å². The average molecular weight is 435 g/mol. The molecule has 0 bridgehead atoms. The SMILES string of the molecule is CCCCCCCCCCCCCCC#COC(COCCOCC)S(=O)(=O)O. The molecule has 1 N–H and O–H groups in total. The minimum absolute atomic E-state index is 0.232. The lowest BCUT2D eigenvalue weighted by atomic mass is 10.0. The Morgan fingerprint density at radius 3 is 1.83 bits per heavy atom. The highest BCUT2D eigenvalue weighted by molar-refractivity contribution is 7.86. The largest absolute Gasteiger partial charge is 0.422 e. The van der Waals surface area contributed by atoms with Crippen LogP contribution in [0.5, 0.6) is 0 Å². The van der Waals surface area contributed by atoms with Gasteiger partial charge in [0.05, 0.1) is 13.2 Å². The Labute approximate surface area is 178 Å². The molecule has 0 radical (unpaired) electrons. The molecular weight excluding hydrogens is 392 g/mol. The van der Waals surface area contributed by atoms with E-state index in [0.717, 1.165) is 12.8 Å². The van der Waals surface area contributed by atoms with E-state index in [1.165, 1.54) is 64.2 Å². The molecular formula is C22H42O6S. The first-order valence-corrected chi connectivity index (χ1v) is 12.8. The summed E-state index contributed by atoms with van der Waals surface area (Å²) in [7, 11) is -4.37. The second-order valence-corrected chi connectivity index (χ2v) is 8.81. The van der Waals surface area contributed by atoms with E-state index < -0.39 is 15.6 Å². The van der Waals surface area contributed by atoms with Crippen molar-refractivity contribution in [2.45, 2.75) is 103 Å². The van der Waals surface area contributed by atoms with Gasteiger partial charge in [-0.05, 0) is 13.3 Å². The fourth-order valence-corrected chi connectivity index (χ4v) is 3.27. The van der Waals surface area contributed by atoms with E-state index in [1.54, 1.807) is 0 Å². The van der Waals surface area contributed by atoms with E-state index in [0.29, 0.717) is 19.6 Å². The summed E-state index contributed by atoms with van der Waals surface area (Å²) in [6.07, 6.45) is 18.4. The lowest BCUT2D eigenvalue weighted by molar-refractivity contribution is 0.0253. The Kier molecular flexibility index (Phi) is 19.9. The molecule has 7 heteroatoms. The number of unbranched alkanes of at least 4 members (excludes halogenated alkanes) is 12. The summed E-state index contributed by atoms with van der Waals surface area (Å²) in [5, 5.41) is 0. The molecule has 0 amide bonds. The quantitative estimate of drug-likeness (QED) is 0.159. The number of hydrogen-bond donors (Lipinski definition) is 1. The second kappa shape index (κ2) is 20.5. The molecule has 0 saturated heterocycles. The van der Waals surface area contributed by atoms with Crippen LogP contribution in [-0.4, -0.2) is 44.8 Å². The summed E-state index contributed by atoms with van der Waals surface area (Å²) in [6.45, 7) is 4.98. The van der Waals surface area contributed by atoms with E-state index in [2.05, 4.69) is 19.0 Å². The van der Waals surface area contributed by atoms with Gasteiger partial charge in [0.15, 0.2) is 0 Å². The number of hydrogen-bond acceptors (Lipinski definition) is 5. The van der Waals surface area contributed by atoms with Gasteiger partial charge in [-0.25, -0.2) is 0 Å². The maximum atomic E-state index is 11.3. The molecule has 0 fully saturated rings. The van der Waals surface area contributed by atoms with Crippen molar-refractivity contribution in [3.63, 3.8) is 0 Å². The van der Waals surface area contributed by atoms with Gasteiger partial charge in [-0.15, -0.1) is 0 Å². The molecule has 6 nitrogen and oxygen atoms in total. The molecule has 0 spiro atoms. The Balaban J connectivity index is 3.65. The summed E-state index contributed by atoms with van der Waals surface area (Å²) >= 11 is 0. The van der Waals surface area contributed by atoms with Crippen molar-refractivity contribution in [2.24, 2.45) is 0 Å². The van der Waals surface area contributed by atoms with Gasteiger partial charge >= 0.3 is 10.1 Å². The van der Waals surface area contributed by atoms with Crippen LogP contribution in [0.15, 0.2) is 0 Å². The smallest absolute Gasteiger partial charge is 0.306 e. The Morgan fingerprint density at radius 2 is 1.31 bits per heavy atom. The third kappa shape index (κ3) is 20.2. The maximum absolute atomic E-state index is 11.3. The van der Waals surface area contributed by atoms with Crippen LogP contribution in [0.1, 0.15) is 97.3 Å². The molecule has 0 aromatic rings. The first-order valence-electron chi connectivity index (χ1n) is 11.3. The Hall–Kier alpha value is -0.810. The number of ether oxygens (including phenoxy) is 3. The van der Waals surface area contributed by atoms with Crippen LogP contribution in [0.3, 0.4) is 0 Å². The predicted molar refractivity (Wildman–Crippen MR) is 117 cm³/mol. The molecule has 0 aromatic carbocycles. The van der Waals surface area contributed by atoms with Crippen LogP contribution >= 0.6 is 0 Å². The fraction of sp³-hybridized carbons (Fsp3) is 0.909. The zero-order valence-electron chi connectivity index (χ0n) is 18.5. The average Bonchev–Trinajstić information content (AvgIpc) is 2.68. The Morgan fingerprint density at radius 1 is 0.793 bits per heavy atom. The highest BCUT2D eigenvalue weighted by Gasteiger charge is 2.24. The summed E-state index contributed by atoms with van der Waals surface area (Å²) < 4.78 is 46.9. The zero-order valence-corrected chi connectivity index (χ0v) is 19.3. The third-order valence-corrected chi connectivity index (χ3v) is 5.48. The molecule has 0 rings (SSSR count). The van der Waals surface area contributed by atoms with Crippen molar-refractivity contribution in [3.8, 4) is 12.0 Å². The van der Waals surface area contributed by atoms with Gasteiger partial charge in [-0.3, -0.25) is 4.55 Å². The van der Waals surface area contributed by atoms with Gasteiger partial charge < -0.3 is 14.2 Å². The monoisotopic (exact) mass is 434 g/mol. The predicted octanol–water partition coefficient (Wildman–Crippen LogP) is 5.32. The molecule has 0 heterocycles. The van der Waals surface area contributed by atoms with Gasteiger partial charge in [-0.2, -0.15) is 8.42 Å². The highest BCUT2D eigenvalue weighted by Crippen LogP contribution is 2.12. The van der Waals surface area contributed by atoms with Gasteiger partial charge in [0.25, 0.3) is 5.44 Å². The zero-order chi connectivity index (χ0) is 21.6. The van der Waals surface area contributed by atoms with Gasteiger partial charge in [0.2, 0.25) is 0 Å². The fourth-order valence-electron chi connectivity index (χ4n) is 2.84. The minimum Gasteiger partial charge on any atom is -0.422 e. The summed E-state index contributed by atoms with van der Waals surface area (Å²) in [5.41, 5.74) is -1.49. The van der Waals surface area contributed by atoms with Crippen LogP contribution in [-0.2, 0) is 24.3 Å². The first-order chi connectivity index (χ1) is 14.0. The standard InChI is InChI=1S/C22H42O6S/c1-3-5-6-7-8-9-10-11-12-13-14-15-16-17-18-28-22(29(23,24)25)21-27-20-19-26-4-2/h22H,3-16,19-21H2,1-2H3,(H,23,24,25). The molecule has 0 aliphatic carbocycles. The third-order valence-electron chi connectivity index (χ3n) is 4.58. The van der Waals surface area contributed by atoms with Crippen LogP contribution in [0.4, 0.5) is 0 Å². The van der Waals surface area contributed by atoms with Gasteiger partial charge in [-0.1, -0.05) is 83.5 Å². The van der Waals surface area contributed by atoms with Crippen molar-refractivity contribution >= 4 is 10.1 Å². The molecule has 0 saturated carbocycles. The molecule has 0 aliphatic rings. The molecule has 1 unspecified atom stereocenters. The lowest BCUT2D eigenvalue weighted by Crippen LogP contribution is -2.28. The van der Waals surface area contributed by atoms with Crippen LogP contribution < -0.4 is 0 Å². The van der Waals surface area contributed by atoms with Crippen LogP contribution in [0, 0.1) is 12.0 Å². The van der Waals surface area contributed by atoms with Crippen LogP contribution in [0.2, 0.25) is 0 Å². The van der Waals surface area contributed by atoms with E-state index in [9.17, 15) is 8.42 Å². The second-order valence-electron chi connectivity index (χ2n) is 7.25. The minimum atomic E-state index is -4.37. The molecule has 1 atom stereocenters. The normalized spacial score (nSPS) is 12.4. The molecule has 172 valence electrons. The molecule has 29 heavy (non-hydrogen) atoms. The van der Waals surface area contributed by atoms with E-state index in [4.69, 9.17) is 18.8 Å². The first kappa shape index (κ1) is 28.2. The maximum Gasteiger partial charge on any atom is 0.306 e. The topological polar surface area (TPSA) is 82.1 Å². The van der Waals surface area contributed by atoms with E-state index in [1.807, 2.05) is 6.92 Å². The van der Waals surface area contributed by atoms with E-state index >= 15 is 0 Å². The van der Waals surface area contributed by atoms with Crippen molar-refractivity contribution < 1.29 is 27.2 Å².